The predicted molar refractivity (Wildman–Crippen MR) is 82.8 cm³/mol. The Balaban J connectivity index is 1.96. The number of anilines is 1. The lowest BCUT2D eigenvalue weighted by Gasteiger charge is -2.17. The summed E-state index contributed by atoms with van der Waals surface area (Å²) in [5.41, 5.74) is 1.88. The molecule has 0 aliphatic rings. The van der Waals surface area contributed by atoms with Crippen molar-refractivity contribution in [2.75, 3.05) is 18.6 Å². The Morgan fingerprint density at radius 3 is 2.57 bits per heavy atom. The second-order valence-corrected chi connectivity index (χ2v) is 4.76. The van der Waals surface area contributed by atoms with Gasteiger partial charge >= 0.3 is 0 Å². The summed E-state index contributed by atoms with van der Waals surface area (Å²) in [5.74, 6) is 0.719. The van der Waals surface area contributed by atoms with Gasteiger partial charge < -0.3 is 14.7 Å². The number of phenolic OH excluding ortho intramolecular Hbond substituents is 1. The van der Waals surface area contributed by atoms with Crippen LogP contribution in [0.4, 0.5) is 5.69 Å². The molecule has 0 spiro atoms. The number of rotatable bonds is 5. The molecule has 0 fully saturated rings. The van der Waals surface area contributed by atoms with E-state index in [0.29, 0.717) is 11.4 Å². The van der Waals surface area contributed by atoms with Crippen molar-refractivity contribution in [1.82, 2.24) is 0 Å². The van der Waals surface area contributed by atoms with Crippen LogP contribution in [0.15, 0.2) is 48.5 Å². The molecule has 0 atom stereocenters. The van der Waals surface area contributed by atoms with E-state index in [1.165, 1.54) is 10.5 Å². The molecule has 4 heteroatoms. The number of aryl methyl sites for hydroxylation is 1. The van der Waals surface area contributed by atoms with E-state index < -0.39 is 0 Å². The molecule has 0 saturated heterocycles. The third-order valence-corrected chi connectivity index (χ3v) is 3.28. The van der Waals surface area contributed by atoms with Gasteiger partial charge in [0.2, 0.25) is 0 Å². The monoisotopic (exact) mass is 285 g/mol. The van der Waals surface area contributed by atoms with E-state index in [-0.39, 0.29) is 18.3 Å². The highest BCUT2D eigenvalue weighted by molar-refractivity contribution is 5.93. The summed E-state index contributed by atoms with van der Waals surface area (Å²) in [4.78, 5) is 13.6. The first-order valence-corrected chi connectivity index (χ1v) is 6.87. The van der Waals surface area contributed by atoms with Gasteiger partial charge in [0.25, 0.3) is 5.91 Å². The first-order valence-electron chi connectivity index (χ1n) is 6.87. The number of carbonyl (C=O) groups excluding carboxylic acids is 1. The topological polar surface area (TPSA) is 49.8 Å². The third kappa shape index (κ3) is 3.99. The van der Waals surface area contributed by atoms with Gasteiger partial charge in [-0.05, 0) is 48.4 Å². The standard InChI is InChI=1S/C17H19NO3/c1-3-13-5-4-6-16(11-13)21-12-17(20)18(2)14-7-9-15(19)10-8-14/h4-11,19H,3,12H2,1-2H3. The number of hydrogen-bond acceptors (Lipinski definition) is 3. The molecule has 0 saturated carbocycles. The fourth-order valence-corrected chi connectivity index (χ4v) is 1.92. The summed E-state index contributed by atoms with van der Waals surface area (Å²) in [6.45, 7) is 2.05. The van der Waals surface area contributed by atoms with Crippen LogP contribution in [-0.4, -0.2) is 24.7 Å². The van der Waals surface area contributed by atoms with Crippen LogP contribution < -0.4 is 9.64 Å². The zero-order chi connectivity index (χ0) is 15.2. The maximum absolute atomic E-state index is 12.1. The Morgan fingerprint density at radius 2 is 1.90 bits per heavy atom. The van der Waals surface area contributed by atoms with Gasteiger partial charge in [-0.1, -0.05) is 19.1 Å². The largest absolute Gasteiger partial charge is 0.508 e. The fraction of sp³-hybridized carbons (Fsp3) is 0.235. The van der Waals surface area contributed by atoms with Gasteiger partial charge in [0.1, 0.15) is 11.5 Å². The van der Waals surface area contributed by atoms with Crippen molar-refractivity contribution in [1.29, 1.82) is 0 Å². The summed E-state index contributed by atoms with van der Waals surface area (Å²) in [5, 5.41) is 9.25. The van der Waals surface area contributed by atoms with Gasteiger partial charge in [-0.2, -0.15) is 0 Å². The normalized spacial score (nSPS) is 10.2. The molecule has 4 nitrogen and oxygen atoms in total. The molecule has 110 valence electrons. The number of likely N-dealkylation sites (N-methyl/N-ethyl adjacent to an activating group) is 1. The zero-order valence-electron chi connectivity index (χ0n) is 12.2. The van der Waals surface area contributed by atoms with Gasteiger partial charge in [0, 0.05) is 12.7 Å². The zero-order valence-corrected chi connectivity index (χ0v) is 12.2. The molecule has 21 heavy (non-hydrogen) atoms. The van der Waals surface area contributed by atoms with Crippen LogP contribution in [0.5, 0.6) is 11.5 Å². The number of aromatic hydroxyl groups is 1. The molecular formula is C17H19NO3. The van der Waals surface area contributed by atoms with Crippen LogP contribution in [-0.2, 0) is 11.2 Å². The highest BCUT2D eigenvalue weighted by atomic mass is 16.5. The van der Waals surface area contributed by atoms with E-state index in [0.717, 1.165) is 6.42 Å². The number of benzene rings is 2. The summed E-state index contributed by atoms with van der Waals surface area (Å²) in [6, 6.07) is 14.2. The Bertz CT molecular complexity index is 608. The number of hydrogen-bond donors (Lipinski definition) is 1. The number of phenols is 1. The van der Waals surface area contributed by atoms with Crippen LogP contribution in [0.2, 0.25) is 0 Å². The minimum Gasteiger partial charge on any atom is -0.508 e. The molecule has 0 radical (unpaired) electrons. The average molecular weight is 285 g/mol. The lowest BCUT2D eigenvalue weighted by Crippen LogP contribution is -2.31. The van der Waals surface area contributed by atoms with E-state index in [9.17, 15) is 9.90 Å². The molecule has 1 amide bonds. The summed E-state index contributed by atoms with van der Waals surface area (Å²) in [6.07, 6.45) is 0.929. The summed E-state index contributed by atoms with van der Waals surface area (Å²) < 4.78 is 5.54. The Kier molecular flexibility index (Phi) is 4.82. The van der Waals surface area contributed by atoms with Gasteiger partial charge in [-0.3, -0.25) is 4.79 Å². The highest BCUT2D eigenvalue weighted by Crippen LogP contribution is 2.18. The average Bonchev–Trinajstić information content (AvgIpc) is 2.53. The maximum atomic E-state index is 12.1. The Hall–Kier alpha value is -2.49. The van der Waals surface area contributed by atoms with Crippen LogP contribution in [0.3, 0.4) is 0 Å². The van der Waals surface area contributed by atoms with Crippen molar-refractivity contribution in [2.45, 2.75) is 13.3 Å². The van der Waals surface area contributed by atoms with Crippen LogP contribution >= 0.6 is 0 Å². The minimum atomic E-state index is -0.150. The highest BCUT2D eigenvalue weighted by Gasteiger charge is 2.11. The van der Waals surface area contributed by atoms with Crippen LogP contribution in [0, 0.1) is 0 Å². The molecule has 2 aromatic rings. The first kappa shape index (κ1) is 14.9. The maximum Gasteiger partial charge on any atom is 0.264 e. The molecule has 0 aliphatic heterocycles. The Morgan fingerprint density at radius 1 is 1.19 bits per heavy atom. The number of amides is 1. The molecule has 0 unspecified atom stereocenters. The predicted octanol–water partition coefficient (Wildman–Crippen LogP) is 3.00. The quantitative estimate of drug-likeness (QED) is 0.918. The summed E-state index contributed by atoms with van der Waals surface area (Å²) >= 11 is 0. The Labute approximate surface area is 124 Å². The lowest BCUT2D eigenvalue weighted by molar-refractivity contribution is -0.120. The molecule has 0 aliphatic carbocycles. The smallest absolute Gasteiger partial charge is 0.264 e. The number of carbonyl (C=O) groups is 1. The molecule has 2 aromatic carbocycles. The van der Waals surface area contributed by atoms with Crippen LogP contribution in [0.1, 0.15) is 12.5 Å². The van der Waals surface area contributed by atoms with Gasteiger partial charge in [0.15, 0.2) is 6.61 Å². The second-order valence-electron chi connectivity index (χ2n) is 4.76. The molecular weight excluding hydrogens is 266 g/mol. The summed E-state index contributed by atoms with van der Waals surface area (Å²) in [7, 11) is 1.68. The van der Waals surface area contributed by atoms with E-state index >= 15 is 0 Å². The van der Waals surface area contributed by atoms with Crippen LogP contribution in [0.25, 0.3) is 0 Å². The fourth-order valence-electron chi connectivity index (χ4n) is 1.92. The van der Waals surface area contributed by atoms with Gasteiger partial charge in [-0.25, -0.2) is 0 Å². The number of ether oxygens (including phenoxy) is 1. The first-order chi connectivity index (χ1) is 10.1. The molecule has 0 aromatic heterocycles. The van der Waals surface area contributed by atoms with Crippen molar-refractivity contribution in [3.8, 4) is 11.5 Å². The van der Waals surface area contributed by atoms with Gasteiger partial charge in [0.05, 0.1) is 0 Å². The SMILES string of the molecule is CCc1cccc(OCC(=O)N(C)c2ccc(O)cc2)c1. The van der Waals surface area contributed by atoms with Gasteiger partial charge in [-0.15, -0.1) is 0 Å². The van der Waals surface area contributed by atoms with E-state index in [1.807, 2.05) is 24.3 Å². The van der Waals surface area contributed by atoms with E-state index in [1.54, 1.807) is 31.3 Å². The second kappa shape index (κ2) is 6.79. The molecule has 0 bridgehead atoms. The minimum absolute atomic E-state index is 0.0233. The van der Waals surface area contributed by atoms with Crippen molar-refractivity contribution in [2.24, 2.45) is 0 Å². The van der Waals surface area contributed by atoms with Crippen molar-refractivity contribution >= 4 is 11.6 Å². The van der Waals surface area contributed by atoms with Crippen molar-refractivity contribution in [3.63, 3.8) is 0 Å². The number of nitrogens with zero attached hydrogens (tertiary/aromatic N) is 1. The third-order valence-electron chi connectivity index (χ3n) is 3.28. The lowest BCUT2D eigenvalue weighted by atomic mass is 10.2. The van der Waals surface area contributed by atoms with Crippen molar-refractivity contribution in [3.05, 3.63) is 54.1 Å². The molecule has 0 heterocycles. The van der Waals surface area contributed by atoms with Crippen molar-refractivity contribution < 1.29 is 14.6 Å². The van der Waals surface area contributed by atoms with E-state index in [4.69, 9.17) is 4.74 Å². The molecule has 2 rings (SSSR count). The molecule has 1 N–H and O–H groups in total. The van der Waals surface area contributed by atoms with E-state index in [2.05, 4.69) is 6.92 Å².